The molecule has 0 unspecified atom stereocenters. The van der Waals surface area contributed by atoms with Crippen LogP contribution >= 0.6 is 0 Å². The molecule has 0 bridgehead atoms. The van der Waals surface area contributed by atoms with Gasteiger partial charge in [-0.2, -0.15) is 0 Å². The first-order valence-electron chi connectivity index (χ1n) is 5.29. The zero-order chi connectivity index (χ0) is 10.8. The molecule has 0 spiro atoms. The molecule has 0 aliphatic heterocycles. The van der Waals surface area contributed by atoms with Gasteiger partial charge in [0, 0.05) is 32.6 Å². The standard InChI is InChI=1S/C12H19NO2/c1-14-9-5-10-15-11-8-13-12-6-3-2-4-7-12/h2-4,6-7,13H,5,8-11H2,1H3. The Bertz CT molecular complexity index is 239. The first-order chi connectivity index (χ1) is 7.43. The third-order valence-electron chi connectivity index (χ3n) is 1.99. The summed E-state index contributed by atoms with van der Waals surface area (Å²) in [6.45, 7) is 3.12. The van der Waals surface area contributed by atoms with Crippen LogP contribution in [0.3, 0.4) is 0 Å². The smallest absolute Gasteiger partial charge is 0.0639 e. The summed E-state index contributed by atoms with van der Waals surface area (Å²) < 4.78 is 10.3. The average molecular weight is 209 g/mol. The van der Waals surface area contributed by atoms with Gasteiger partial charge in [-0.1, -0.05) is 18.2 Å². The highest BCUT2D eigenvalue weighted by atomic mass is 16.5. The van der Waals surface area contributed by atoms with Gasteiger partial charge in [-0.05, 0) is 18.6 Å². The number of hydrogen-bond acceptors (Lipinski definition) is 3. The molecule has 15 heavy (non-hydrogen) atoms. The molecule has 0 saturated heterocycles. The van der Waals surface area contributed by atoms with Gasteiger partial charge in [0.25, 0.3) is 0 Å². The molecule has 0 heterocycles. The summed E-state index contributed by atoms with van der Waals surface area (Å²) in [5.74, 6) is 0. The van der Waals surface area contributed by atoms with Crippen molar-refractivity contribution in [1.29, 1.82) is 0 Å². The molecule has 3 nitrogen and oxygen atoms in total. The van der Waals surface area contributed by atoms with Gasteiger partial charge in [-0.3, -0.25) is 0 Å². The van der Waals surface area contributed by atoms with Gasteiger partial charge in [0.1, 0.15) is 0 Å². The van der Waals surface area contributed by atoms with Crippen LogP contribution in [0, 0.1) is 0 Å². The van der Waals surface area contributed by atoms with Crippen molar-refractivity contribution in [2.45, 2.75) is 6.42 Å². The van der Waals surface area contributed by atoms with Gasteiger partial charge in [0.05, 0.1) is 6.61 Å². The van der Waals surface area contributed by atoms with Crippen molar-refractivity contribution in [2.75, 3.05) is 38.8 Å². The fraction of sp³-hybridized carbons (Fsp3) is 0.500. The lowest BCUT2D eigenvalue weighted by Gasteiger charge is -2.06. The van der Waals surface area contributed by atoms with E-state index < -0.39 is 0 Å². The molecule has 0 aliphatic carbocycles. The number of hydrogen-bond donors (Lipinski definition) is 1. The molecule has 1 rings (SSSR count). The maximum Gasteiger partial charge on any atom is 0.0639 e. The van der Waals surface area contributed by atoms with E-state index >= 15 is 0 Å². The molecule has 3 heteroatoms. The molecule has 0 atom stereocenters. The number of ether oxygens (including phenoxy) is 2. The topological polar surface area (TPSA) is 30.5 Å². The number of rotatable bonds is 8. The second-order valence-corrected chi connectivity index (χ2v) is 3.25. The molecule has 1 aromatic carbocycles. The minimum absolute atomic E-state index is 0.735. The Morgan fingerprint density at radius 3 is 2.60 bits per heavy atom. The first-order valence-corrected chi connectivity index (χ1v) is 5.29. The highest BCUT2D eigenvalue weighted by Crippen LogP contribution is 2.03. The molecule has 0 aromatic heterocycles. The van der Waals surface area contributed by atoms with Crippen molar-refractivity contribution < 1.29 is 9.47 Å². The number of nitrogens with one attached hydrogen (secondary N) is 1. The van der Waals surface area contributed by atoms with Crippen LogP contribution < -0.4 is 5.32 Å². The van der Waals surface area contributed by atoms with Gasteiger partial charge < -0.3 is 14.8 Å². The van der Waals surface area contributed by atoms with Crippen molar-refractivity contribution in [3.63, 3.8) is 0 Å². The van der Waals surface area contributed by atoms with Crippen molar-refractivity contribution in [3.8, 4) is 0 Å². The Balaban J connectivity index is 1.93. The summed E-state index contributed by atoms with van der Waals surface area (Å²) in [7, 11) is 1.71. The summed E-state index contributed by atoms with van der Waals surface area (Å²) in [5.41, 5.74) is 1.14. The number of anilines is 1. The quantitative estimate of drug-likeness (QED) is 0.665. The van der Waals surface area contributed by atoms with Gasteiger partial charge in [0.2, 0.25) is 0 Å². The Hall–Kier alpha value is -1.06. The Kier molecular flexibility index (Phi) is 6.62. The van der Waals surface area contributed by atoms with Crippen LogP contribution in [0.4, 0.5) is 5.69 Å². The van der Waals surface area contributed by atoms with Crippen LogP contribution in [0.25, 0.3) is 0 Å². The number of methoxy groups -OCH3 is 1. The van der Waals surface area contributed by atoms with Crippen LogP contribution in [0.5, 0.6) is 0 Å². The molecule has 0 saturated carbocycles. The lowest BCUT2D eigenvalue weighted by molar-refractivity contribution is 0.109. The van der Waals surface area contributed by atoms with Crippen LogP contribution in [0.2, 0.25) is 0 Å². The zero-order valence-corrected chi connectivity index (χ0v) is 9.24. The fourth-order valence-electron chi connectivity index (χ4n) is 1.23. The lowest BCUT2D eigenvalue weighted by Crippen LogP contribution is -2.10. The molecule has 0 radical (unpaired) electrons. The van der Waals surface area contributed by atoms with Crippen LogP contribution in [-0.2, 0) is 9.47 Å². The molecular formula is C12H19NO2. The second kappa shape index (κ2) is 8.26. The van der Waals surface area contributed by atoms with E-state index in [1.54, 1.807) is 7.11 Å². The number of para-hydroxylation sites is 1. The van der Waals surface area contributed by atoms with E-state index in [0.717, 1.165) is 38.5 Å². The van der Waals surface area contributed by atoms with Gasteiger partial charge in [0.15, 0.2) is 0 Å². The average Bonchev–Trinajstić information content (AvgIpc) is 2.29. The zero-order valence-electron chi connectivity index (χ0n) is 9.24. The number of benzene rings is 1. The monoisotopic (exact) mass is 209 g/mol. The highest BCUT2D eigenvalue weighted by molar-refractivity contribution is 5.42. The van der Waals surface area contributed by atoms with Crippen molar-refractivity contribution >= 4 is 5.69 Å². The van der Waals surface area contributed by atoms with E-state index in [2.05, 4.69) is 5.32 Å². The van der Waals surface area contributed by atoms with Crippen LogP contribution in [0.15, 0.2) is 30.3 Å². The van der Waals surface area contributed by atoms with Crippen LogP contribution in [-0.4, -0.2) is 33.5 Å². The fourth-order valence-corrected chi connectivity index (χ4v) is 1.23. The minimum Gasteiger partial charge on any atom is -0.385 e. The second-order valence-electron chi connectivity index (χ2n) is 3.25. The molecule has 1 N–H and O–H groups in total. The molecule has 1 aromatic rings. The summed E-state index contributed by atoms with van der Waals surface area (Å²) in [5, 5.41) is 3.28. The molecule has 0 amide bonds. The summed E-state index contributed by atoms with van der Waals surface area (Å²) in [6, 6.07) is 10.1. The third kappa shape index (κ3) is 6.10. The lowest BCUT2D eigenvalue weighted by atomic mass is 10.3. The minimum atomic E-state index is 0.735. The first kappa shape index (κ1) is 12.0. The predicted molar refractivity (Wildman–Crippen MR) is 62.2 cm³/mol. The van der Waals surface area contributed by atoms with Gasteiger partial charge in [-0.25, -0.2) is 0 Å². The Morgan fingerprint density at radius 2 is 1.87 bits per heavy atom. The van der Waals surface area contributed by atoms with E-state index in [1.807, 2.05) is 30.3 Å². The molecule has 84 valence electrons. The summed E-state index contributed by atoms with van der Waals surface area (Å²) in [4.78, 5) is 0. The summed E-state index contributed by atoms with van der Waals surface area (Å²) >= 11 is 0. The molecule has 0 fully saturated rings. The van der Waals surface area contributed by atoms with Crippen molar-refractivity contribution in [1.82, 2.24) is 0 Å². The maximum absolute atomic E-state index is 5.41. The van der Waals surface area contributed by atoms with E-state index in [1.165, 1.54) is 0 Å². The summed E-state index contributed by atoms with van der Waals surface area (Å²) in [6.07, 6.45) is 0.960. The van der Waals surface area contributed by atoms with E-state index in [0.29, 0.717) is 0 Å². The molecular weight excluding hydrogens is 190 g/mol. The highest BCUT2D eigenvalue weighted by Gasteiger charge is 1.90. The van der Waals surface area contributed by atoms with E-state index in [4.69, 9.17) is 9.47 Å². The largest absolute Gasteiger partial charge is 0.385 e. The van der Waals surface area contributed by atoms with E-state index in [9.17, 15) is 0 Å². The van der Waals surface area contributed by atoms with Gasteiger partial charge in [-0.15, -0.1) is 0 Å². The predicted octanol–water partition coefficient (Wildman–Crippen LogP) is 2.15. The Labute approximate surface area is 91.4 Å². The van der Waals surface area contributed by atoms with E-state index in [-0.39, 0.29) is 0 Å². The molecule has 0 aliphatic rings. The van der Waals surface area contributed by atoms with Crippen LogP contribution in [0.1, 0.15) is 6.42 Å². The van der Waals surface area contributed by atoms with Crippen molar-refractivity contribution in [2.24, 2.45) is 0 Å². The normalized spacial score (nSPS) is 10.2. The Morgan fingerprint density at radius 1 is 1.07 bits per heavy atom. The van der Waals surface area contributed by atoms with Gasteiger partial charge >= 0.3 is 0 Å². The van der Waals surface area contributed by atoms with Crippen molar-refractivity contribution in [3.05, 3.63) is 30.3 Å². The maximum atomic E-state index is 5.41. The SMILES string of the molecule is COCCCOCCNc1ccccc1. The third-order valence-corrected chi connectivity index (χ3v) is 1.99.